The number of thiophene rings is 1. The fourth-order valence-electron chi connectivity index (χ4n) is 2.83. The first kappa shape index (κ1) is 15.0. The van der Waals surface area contributed by atoms with Gasteiger partial charge in [0.05, 0.1) is 13.2 Å². The second kappa shape index (κ2) is 7.36. The zero-order valence-electron chi connectivity index (χ0n) is 12.7. The van der Waals surface area contributed by atoms with Crippen molar-refractivity contribution in [2.24, 2.45) is 0 Å². The number of hydrogen-bond acceptors (Lipinski definition) is 4. The smallest absolute Gasteiger partial charge is 0.0594 e. The minimum absolute atomic E-state index is 0.867. The van der Waals surface area contributed by atoms with Gasteiger partial charge in [0.1, 0.15) is 0 Å². The number of rotatable bonds is 6. The second-order valence-corrected chi connectivity index (χ2v) is 6.70. The average Bonchev–Trinajstić information content (AvgIpc) is 2.87. The molecular formula is C17H24N2OS. The van der Waals surface area contributed by atoms with E-state index in [2.05, 4.69) is 41.4 Å². The molecule has 0 amide bonds. The van der Waals surface area contributed by atoms with Crippen molar-refractivity contribution in [3.05, 3.63) is 34.7 Å². The lowest BCUT2D eigenvalue weighted by atomic mass is 10.1. The quantitative estimate of drug-likeness (QED) is 0.829. The van der Waals surface area contributed by atoms with Crippen LogP contribution in [0.25, 0.3) is 10.1 Å². The standard InChI is InChI=1S/C17H24N2OS/c1-2-7-18-12-17-15(13-19-8-10-20-11-9-19)14-5-3-4-6-16(14)21-17/h3-6,18H,2,7-13H2,1H3. The minimum atomic E-state index is 0.867. The zero-order chi connectivity index (χ0) is 14.5. The van der Waals surface area contributed by atoms with E-state index in [1.54, 1.807) is 0 Å². The fraction of sp³-hybridized carbons (Fsp3) is 0.529. The lowest BCUT2D eigenvalue weighted by Gasteiger charge is -2.27. The molecule has 0 spiro atoms. The van der Waals surface area contributed by atoms with Crippen LogP contribution in [0.2, 0.25) is 0 Å². The Kier molecular flexibility index (Phi) is 5.25. The monoisotopic (exact) mass is 304 g/mol. The van der Waals surface area contributed by atoms with E-state index < -0.39 is 0 Å². The van der Waals surface area contributed by atoms with Crippen LogP contribution in [0.1, 0.15) is 23.8 Å². The highest BCUT2D eigenvalue weighted by atomic mass is 32.1. The summed E-state index contributed by atoms with van der Waals surface area (Å²) in [5, 5.41) is 4.99. The van der Waals surface area contributed by atoms with Crippen molar-refractivity contribution in [1.29, 1.82) is 0 Å². The van der Waals surface area contributed by atoms with Crippen molar-refractivity contribution < 1.29 is 4.74 Å². The number of ether oxygens (including phenoxy) is 1. The Morgan fingerprint density at radius 3 is 2.86 bits per heavy atom. The van der Waals surface area contributed by atoms with E-state index in [4.69, 9.17) is 4.74 Å². The maximum Gasteiger partial charge on any atom is 0.0594 e. The molecule has 1 saturated heterocycles. The van der Waals surface area contributed by atoms with Crippen LogP contribution in [-0.2, 0) is 17.8 Å². The van der Waals surface area contributed by atoms with Crippen molar-refractivity contribution in [1.82, 2.24) is 10.2 Å². The first-order valence-electron chi connectivity index (χ1n) is 7.88. The van der Waals surface area contributed by atoms with Gasteiger partial charge in [-0.05, 0) is 30.0 Å². The van der Waals surface area contributed by atoms with Crippen LogP contribution >= 0.6 is 11.3 Å². The highest BCUT2D eigenvalue weighted by Crippen LogP contribution is 2.32. The minimum Gasteiger partial charge on any atom is -0.379 e. The summed E-state index contributed by atoms with van der Waals surface area (Å²) in [6.45, 7) is 9.18. The summed E-state index contributed by atoms with van der Waals surface area (Å²) >= 11 is 1.94. The normalized spacial score (nSPS) is 16.6. The Morgan fingerprint density at radius 2 is 2.05 bits per heavy atom. The first-order chi connectivity index (χ1) is 10.4. The molecule has 1 aliphatic heterocycles. The van der Waals surface area contributed by atoms with Gasteiger partial charge in [0.2, 0.25) is 0 Å². The lowest BCUT2D eigenvalue weighted by molar-refractivity contribution is 0.0343. The molecule has 1 aliphatic rings. The molecule has 4 heteroatoms. The average molecular weight is 304 g/mol. The van der Waals surface area contributed by atoms with E-state index in [1.807, 2.05) is 11.3 Å². The summed E-state index contributed by atoms with van der Waals surface area (Å²) in [4.78, 5) is 4.01. The fourth-order valence-corrected chi connectivity index (χ4v) is 4.01. The number of benzene rings is 1. The third kappa shape index (κ3) is 3.64. The van der Waals surface area contributed by atoms with Crippen LogP contribution in [0.15, 0.2) is 24.3 Å². The molecule has 0 unspecified atom stereocenters. The number of hydrogen-bond donors (Lipinski definition) is 1. The van der Waals surface area contributed by atoms with Gasteiger partial charge in [-0.2, -0.15) is 0 Å². The van der Waals surface area contributed by atoms with Gasteiger partial charge in [0.25, 0.3) is 0 Å². The molecule has 1 aromatic heterocycles. The number of nitrogens with one attached hydrogen (secondary N) is 1. The van der Waals surface area contributed by atoms with Crippen molar-refractivity contribution >= 4 is 21.4 Å². The molecule has 0 saturated carbocycles. The molecule has 3 rings (SSSR count). The van der Waals surface area contributed by atoms with Crippen molar-refractivity contribution in [3.8, 4) is 0 Å². The van der Waals surface area contributed by atoms with Crippen LogP contribution in [-0.4, -0.2) is 37.7 Å². The van der Waals surface area contributed by atoms with Crippen LogP contribution in [0, 0.1) is 0 Å². The van der Waals surface area contributed by atoms with Gasteiger partial charge >= 0.3 is 0 Å². The van der Waals surface area contributed by atoms with Crippen LogP contribution in [0.4, 0.5) is 0 Å². The predicted molar refractivity (Wildman–Crippen MR) is 89.9 cm³/mol. The van der Waals surface area contributed by atoms with E-state index >= 15 is 0 Å². The molecule has 2 heterocycles. The van der Waals surface area contributed by atoms with Gasteiger partial charge in [0, 0.05) is 35.8 Å². The van der Waals surface area contributed by atoms with Crippen LogP contribution in [0.5, 0.6) is 0 Å². The summed E-state index contributed by atoms with van der Waals surface area (Å²) in [5.41, 5.74) is 1.51. The molecular weight excluding hydrogens is 280 g/mol. The Morgan fingerprint density at radius 1 is 1.24 bits per heavy atom. The van der Waals surface area contributed by atoms with Gasteiger partial charge in [-0.3, -0.25) is 4.90 Å². The summed E-state index contributed by atoms with van der Waals surface area (Å²) in [6, 6.07) is 8.80. The molecule has 114 valence electrons. The molecule has 1 fully saturated rings. The second-order valence-electron chi connectivity index (χ2n) is 5.57. The third-order valence-corrected chi connectivity index (χ3v) is 5.19. The number of nitrogens with zero attached hydrogens (tertiary/aromatic N) is 1. The molecule has 3 nitrogen and oxygen atoms in total. The summed E-state index contributed by atoms with van der Waals surface area (Å²) < 4.78 is 6.88. The zero-order valence-corrected chi connectivity index (χ0v) is 13.5. The largest absolute Gasteiger partial charge is 0.379 e. The molecule has 2 aromatic rings. The van der Waals surface area contributed by atoms with Gasteiger partial charge in [0.15, 0.2) is 0 Å². The Balaban J connectivity index is 1.83. The molecule has 1 N–H and O–H groups in total. The Labute approximate surface area is 130 Å². The first-order valence-corrected chi connectivity index (χ1v) is 8.70. The third-order valence-electron chi connectivity index (χ3n) is 3.98. The topological polar surface area (TPSA) is 24.5 Å². The maximum atomic E-state index is 5.46. The highest BCUT2D eigenvalue weighted by Gasteiger charge is 2.17. The number of fused-ring (bicyclic) bond motifs is 1. The van der Waals surface area contributed by atoms with Crippen LogP contribution < -0.4 is 5.32 Å². The van der Waals surface area contributed by atoms with Gasteiger partial charge in [-0.25, -0.2) is 0 Å². The van der Waals surface area contributed by atoms with E-state index in [-0.39, 0.29) is 0 Å². The Bertz CT molecular complexity index is 575. The van der Waals surface area contributed by atoms with Gasteiger partial charge in [-0.1, -0.05) is 25.1 Å². The summed E-state index contributed by atoms with van der Waals surface area (Å²) in [5.74, 6) is 0. The molecule has 0 atom stereocenters. The van der Waals surface area contributed by atoms with Crippen molar-refractivity contribution in [2.45, 2.75) is 26.4 Å². The predicted octanol–water partition coefficient (Wildman–Crippen LogP) is 3.23. The van der Waals surface area contributed by atoms with E-state index in [0.29, 0.717) is 0 Å². The van der Waals surface area contributed by atoms with Gasteiger partial charge < -0.3 is 10.1 Å². The summed E-state index contributed by atoms with van der Waals surface area (Å²) in [6.07, 6.45) is 1.18. The maximum absolute atomic E-state index is 5.46. The number of morpholine rings is 1. The molecule has 0 aliphatic carbocycles. The molecule has 21 heavy (non-hydrogen) atoms. The summed E-state index contributed by atoms with van der Waals surface area (Å²) in [7, 11) is 0. The van der Waals surface area contributed by atoms with Crippen molar-refractivity contribution in [2.75, 3.05) is 32.8 Å². The molecule has 1 aromatic carbocycles. The van der Waals surface area contributed by atoms with Crippen LogP contribution in [0.3, 0.4) is 0 Å². The van der Waals surface area contributed by atoms with Crippen molar-refractivity contribution in [3.63, 3.8) is 0 Å². The highest BCUT2D eigenvalue weighted by molar-refractivity contribution is 7.19. The molecule has 0 radical (unpaired) electrons. The SMILES string of the molecule is CCCNCc1sc2ccccc2c1CN1CCOCC1. The van der Waals surface area contributed by atoms with E-state index in [9.17, 15) is 0 Å². The van der Waals surface area contributed by atoms with Gasteiger partial charge in [-0.15, -0.1) is 11.3 Å². The molecule has 0 bridgehead atoms. The Hall–Kier alpha value is -0.940. The van der Waals surface area contributed by atoms with E-state index in [1.165, 1.54) is 26.9 Å². The lowest BCUT2D eigenvalue weighted by Crippen LogP contribution is -2.35. The van der Waals surface area contributed by atoms with E-state index in [0.717, 1.165) is 45.9 Å².